The van der Waals surface area contributed by atoms with Gasteiger partial charge in [-0.25, -0.2) is 26.8 Å². The van der Waals surface area contributed by atoms with Crippen molar-refractivity contribution in [1.29, 1.82) is 0 Å². The summed E-state index contributed by atoms with van der Waals surface area (Å²) in [4.78, 5) is 17.9. The van der Waals surface area contributed by atoms with Gasteiger partial charge in [-0.15, -0.1) is 0 Å². The first-order valence-electron chi connectivity index (χ1n) is 16.1. The number of nitrogens with zero attached hydrogens (tertiary/aromatic N) is 4. The fourth-order valence-electron chi connectivity index (χ4n) is 5.24. The van der Waals surface area contributed by atoms with Crippen LogP contribution in [0.1, 0.15) is 61.8 Å². The largest absolute Gasteiger partial charge is 0.399 e. The summed E-state index contributed by atoms with van der Waals surface area (Å²) in [7, 11) is -7.57. The predicted octanol–water partition coefficient (Wildman–Crippen LogP) is 8.20. The highest BCUT2D eigenvalue weighted by Gasteiger charge is 2.20. The van der Waals surface area contributed by atoms with Gasteiger partial charge in [0, 0.05) is 21.4 Å². The molecule has 0 saturated heterocycles. The van der Waals surface area contributed by atoms with Crippen molar-refractivity contribution in [1.82, 2.24) is 19.9 Å². The van der Waals surface area contributed by atoms with Gasteiger partial charge in [0.15, 0.2) is 11.6 Å². The van der Waals surface area contributed by atoms with Crippen molar-refractivity contribution in [3.63, 3.8) is 0 Å². The number of hydrogen-bond acceptors (Lipinski definition) is 10. The van der Waals surface area contributed by atoms with Gasteiger partial charge >= 0.3 is 0 Å². The molecule has 0 radical (unpaired) electrons. The average molecular weight is 782 g/mol. The van der Waals surface area contributed by atoms with Crippen molar-refractivity contribution in [3.8, 4) is 0 Å². The highest BCUT2D eigenvalue weighted by atomic mass is 35.5. The molecule has 12 nitrogen and oxygen atoms in total. The second-order valence-corrected chi connectivity index (χ2v) is 16.9. The van der Waals surface area contributed by atoms with E-state index in [0.717, 1.165) is 27.8 Å². The number of sulfonamides is 2. The van der Waals surface area contributed by atoms with Crippen molar-refractivity contribution in [2.45, 2.75) is 63.2 Å². The molecule has 52 heavy (non-hydrogen) atoms. The third-order valence-corrected chi connectivity index (χ3v) is 11.7. The van der Waals surface area contributed by atoms with Gasteiger partial charge in [-0.3, -0.25) is 19.4 Å². The number of hydrogen-bond donors (Lipinski definition) is 4. The summed E-state index contributed by atoms with van der Waals surface area (Å²) in [5.74, 6) is 0.656. The highest BCUT2D eigenvalue weighted by Crippen LogP contribution is 2.33. The Balaban J connectivity index is 0.000000201. The molecule has 0 amide bonds. The standard InChI is InChI=1S/2C18H19ClN4O2S/c1-10(2)14-8-15(19)11(3)17-18(14)21-9-16(22-17)23-26(24,25)13-6-4-12(20)5-7-13;1-10(2)14-8-15(19)11(3)17-18(14)22-16(9-21-17)23-26(24,25)13-6-4-12(20)5-7-13/h2*4-10H,20H2,1-3H3,(H,22,23). The summed E-state index contributed by atoms with van der Waals surface area (Å²) >= 11 is 12.6. The van der Waals surface area contributed by atoms with Crippen LogP contribution in [-0.4, -0.2) is 36.8 Å². The molecule has 4 aromatic carbocycles. The highest BCUT2D eigenvalue weighted by molar-refractivity contribution is 7.93. The van der Waals surface area contributed by atoms with E-state index in [2.05, 4.69) is 29.4 Å². The normalized spacial score (nSPS) is 11.9. The van der Waals surface area contributed by atoms with Gasteiger partial charge in [-0.2, -0.15) is 0 Å². The summed E-state index contributed by atoms with van der Waals surface area (Å²) in [5, 5.41) is 1.19. The molecule has 0 fully saturated rings. The molecule has 0 aliphatic rings. The summed E-state index contributed by atoms with van der Waals surface area (Å²) in [6.45, 7) is 11.8. The number of aryl methyl sites for hydroxylation is 2. The van der Waals surface area contributed by atoms with Crippen molar-refractivity contribution >= 4 is 88.3 Å². The number of rotatable bonds is 8. The summed E-state index contributed by atoms with van der Waals surface area (Å²) in [6, 6.07) is 15.6. The molecule has 2 aromatic heterocycles. The smallest absolute Gasteiger partial charge is 0.263 e. The molecule has 6 aromatic rings. The van der Waals surface area contributed by atoms with Crippen LogP contribution >= 0.6 is 23.2 Å². The molecule has 0 aliphatic heterocycles. The van der Waals surface area contributed by atoms with Crippen LogP contribution < -0.4 is 20.9 Å². The molecule has 272 valence electrons. The van der Waals surface area contributed by atoms with Crippen LogP contribution in [0, 0.1) is 13.8 Å². The molecule has 0 atom stereocenters. The van der Waals surface area contributed by atoms with Crippen LogP contribution in [0.4, 0.5) is 23.0 Å². The molecule has 2 heterocycles. The van der Waals surface area contributed by atoms with Crippen LogP contribution in [-0.2, 0) is 20.0 Å². The average Bonchev–Trinajstić information content (AvgIpc) is 3.08. The first-order chi connectivity index (χ1) is 24.4. The maximum absolute atomic E-state index is 12.5. The first kappa shape index (κ1) is 38.5. The SMILES string of the molecule is Cc1c(Cl)cc(C(C)C)c2nc(NS(=O)(=O)c3ccc(N)cc3)cnc12.Cc1c(Cl)cc(C(C)C)c2ncc(NS(=O)(=O)c3ccc(N)cc3)nc12. The summed E-state index contributed by atoms with van der Waals surface area (Å²) < 4.78 is 55.1. The molecule has 6 N–H and O–H groups in total. The van der Waals surface area contributed by atoms with Gasteiger partial charge in [-0.05, 0) is 109 Å². The molecule has 16 heteroatoms. The lowest BCUT2D eigenvalue weighted by molar-refractivity contribution is 0.599. The Hall–Kier alpha value is -4.76. The van der Waals surface area contributed by atoms with Crippen molar-refractivity contribution in [2.24, 2.45) is 0 Å². The Kier molecular flexibility index (Phi) is 11.2. The third-order valence-electron chi connectivity index (χ3n) is 8.19. The van der Waals surface area contributed by atoms with E-state index >= 15 is 0 Å². The van der Waals surface area contributed by atoms with Gasteiger partial charge < -0.3 is 11.5 Å². The van der Waals surface area contributed by atoms with Gasteiger partial charge in [-0.1, -0.05) is 50.9 Å². The monoisotopic (exact) mass is 780 g/mol. The number of nitrogens with two attached hydrogens (primary N) is 2. The van der Waals surface area contributed by atoms with E-state index in [1.54, 1.807) is 0 Å². The van der Waals surface area contributed by atoms with E-state index in [1.165, 1.54) is 60.9 Å². The van der Waals surface area contributed by atoms with E-state index in [1.807, 2.05) is 53.7 Å². The molecule has 0 spiro atoms. The molecular formula is C36H38Cl2N8O4S2. The maximum atomic E-state index is 12.5. The van der Waals surface area contributed by atoms with Crippen LogP contribution in [0.25, 0.3) is 22.1 Å². The lowest BCUT2D eigenvalue weighted by Crippen LogP contribution is -2.14. The Labute approximate surface area is 313 Å². The number of benzene rings is 4. The Morgan fingerprint density at radius 3 is 1.37 bits per heavy atom. The third kappa shape index (κ3) is 8.31. The predicted molar refractivity (Wildman–Crippen MR) is 210 cm³/mol. The molecule has 6 rings (SSSR count). The van der Waals surface area contributed by atoms with Crippen molar-refractivity contribution in [2.75, 3.05) is 20.9 Å². The van der Waals surface area contributed by atoms with Crippen LogP contribution in [0.2, 0.25) is 10.0 Å². The van der Waals surface area contributed by atoms with E-state index in [9.17, 15) is 16.8 Å². The lowest BCUT2D eigenvalue weighted by atomic mass is 9.99. The molecule has 0 bridgehead atoms. The molecule has 0 unspecified atom stereocenters. The van der Waals surface area contributed by atoms with Gasteiger partial charge in [0.05, 0.1) is 44.3 Å². The van der Waals surface area contributed by atoms with Crippen LogP contribution in [0.5, 0.6) is 0 Å². The van der Waals surface area contributed by atoms with E-state index < -0.39 is 20.0 Å². The van der Waals surface area contributed by atoms with Gasteiger partial charge in [0.2, 0.25) is 0 Å². The fraction of sp³-hybridized carbons (Fsp3) is 0.222. The lowest BCUT2D eigenvalue weighted by Gasteiger charge is -2.14. The molecule has 0 aliphatic carbocycles. The maximum Gasteiger partial charge on any atom is 0.263 e. The van der Waals surface area contributed by atoms with E-state index in [0.29, 0.717) is 38.0 Å². The van der Waals surface area contributed by atoms with Crippen LogP contribution in [0.15, 0.2) is 82.8 Å². The first-order valence-corrected chi connectivity index (χ1v) is 19.8. The second kappa shape index (κ2) is 15.1. The van der Waals surface area contributed by atoms with Crippen molar-refractivity contribution < 1.29 is 16.8 Å². The van der Waals surface area contributed by atoms with Gasteiger partial charge in [0.1, 0.15) is 0 Å². The number of nitrogens with one attached hydrogen (secondary N) is 2. The number of nitrogen functional groups attached to an aromatic ring is 2. The molecule has 0 saturated carbocycles. The minimum absolute atomic E-state index is 0.0966. The number of anilines is 4. The minimum atomic E-state index is -3.79. The number of halogens is 2. The second-order valence-electron chi connectivity index (χ2n) is 12.7. The minimum Gasteiger partial charge on any atom is -0.399 e. The van der Waals surface area contributed by atoms with E-state index in [-0.39, 0.29) is 33.3 Å². The Morgan fingerprint density at radius 1 is 0.577 bits per heavy atom. The fourth-order valence-corrected chi connectivity index (χ4v) is 7.63. The topological polar surface area (TPSA) is 196 Å². The number of aromatic nitrogens is 4. The zero-order valence-corrected chi connectivity index (χ0v) is 32.4. The van der Waals surface area contributed by atoms with Crippen LogP contribution in [0.3, 0.4) is 0 Å². The Bertz CT molecular complexity index is 2510. The molecular weight excluding hydrogens is 743 g/mol. The summed E-state index contributed by atoms with van der Waals surface area (Å²) in [5.41, 5.74) is 18.2. The zero-order chi connectivity index (χ0) is 38.1. The van der Waals surface area contributed by atoms with Gasteiger partial charge in [0.25, 0.3) is 20.0 Å². The quantitative estimate of drug-likeness (QED) is 0.109. The zero-order valence-electron chi connectivity index (χ0n) is 29.2. The van der Waals surface area contributed by atoms with E-state index in [4.69, 9.17) is 34.7 Å². The summed E-state index contributed by atoms with van der Waals surface area (Å²) in [6.07, 6.45) is 2.81. The van der Waals surface area contributed by atoms with Crippen molar-refractivity contribution in [3.05, 3.63) is 105 Å². The Morgan fingerprint density at radius 2 is 0.942 bits per heavy atom. The number of fused-ring (bicyclic) bond motifs is 2.